The maximum atomic E-state index is 12.3. The molecule has 1 aliphatic heterocycles. The Morgan fingerprint density at radius 1 is 1.38 bits per heavy atom. The van der Waals surface area contributed by atoms with E-state index in [9.17, 15) is 4.79 Å². The van der Waals surface area contributed by atoms with Gasteiger partial charge in [-0.15, -0.1) is 0 Å². The van der Waals surface area contributed by atoms with E-state index in [4.69, 9.17) is 10.00 Å². The van der Waals surface area contributed by atoms with Gasteiger partial charge in [0.05, 0.1) is 23.8 Å². The Bertz CT molecular complexity index is 748. The first-order chi connectivity index (χ1) is 11.8. The standard InChI is InChI=1S/C17H17N5O2/c18-8-13-3-1-4-14(7-13)9-19-17-20-10-15(11-21-17)16(23)22-5-2-6-24-12-22/h1,3-4,7,10-11H,2,5-6,9,12H2,(H,19,20,21). The van der Waals surface area contributed by atoms with E-state index in [1.165, 1.54) is 12.4 Å². The molecule has 1 saturated heterocycles. The minimum atomic E-state index is -0.122. The summed E-state index contributed by atoms with van der Waals surface area (Å²) in [7, 11) is 0. The van der Waals surface area contributed by atoms with Gasteiger partial charge in [0.1, 0.15) is 6.73 Å². The number of nitrogens with one attached hydrogen (secondary N) is 1. The molecule has 122 valence electrons. The van der Waals surface area contributed by atoms with Crippen LogP contribution < -0.4 is 5.32 Å². The van der Waals surface area contributed by atoms with Crippen LogP contribution in [0.25, 0.3) is 0 Å². The molecule has 0 aliphatic carbocycles. The number of ether oxygens (including phenoxy) is 1. The van der Waals surface area contributed by atoms with Gasteiger partial charge in [0.2, 0.25) is 5.95 Å². The van der Waals surface area contributed by atoms with E-state index < -0.39 is 0 Å². The zero-order valence-electron chi connectivity index (χ0n) is 13.1. The lowest BCUT2D eigenvalue weighted by molar-refractivity contribution is -0.00575. The van der Waals surface area contributed by atoms with E-state index in [2.05, 4.69) is 21.4 Å². The number of nitriles is 1. The number of hydrogen-bond donors (Lipinski definition) is 1. The van der Waals surface area contributed by atoms with Crippen molar-refractivity contribution in [3.05, 3.63) is 53.3 Å². The summed E-state index contributed by atoms with van der Waals surface area (Å²) in [4.78, 5) is 22.3. The third-order valence-corrected chi connectivity index (χ3v) is 3.66. The molecule has 0 bridgehead atoms. The fourth-order valence-corrected chi connectivity index (χ4v) is 2.40. The Kier molecular flexibility index (Phi) is 4.99. The number of anilines is 1. The molecule has 0 spiro atoms. The van der Waals surface area contributed by atoms with Crippen molar-refractivity contribution >= 4 is 11.9 Å². The van der Waals surface area contributed by atoms with Crippen LogP contribution in [-0.4, -0.2) is 40.7 Å². The molecule has 1 fully saturated rings. The van der Waals surface area contributed by atoms with Gasteiger partial charge < -0.3 is 15.0 Å². The van der Waals surface area contributed by atoms with E-state index >= 15 is 0 Å². The normalized spacial score (nSPS) is 14.0. The number of aromatic nitrogens is 2. The first kappa shape index (κ1) is 15.9. The molecule has 2 aromatic rings. The number of nitrogens with zero attached hydrogens (tertiary/aromatic N) is 4. The average molecular weight is 323 g/mol. The molecule has 7 heteroatoms. The molecule has 0 radical (unpaired) electrons. The van der Waals surface area contributed by atoms with E-state index in [0.29, 0.717) is 43.5 Å². The third-order valence-electron chi connectivity index (χ3n) is 3.66. The fourth-order valence-electron chi connectivity index (χ4n) is 2.40. The minimum Gasteiger partial charge on any atom is -0.361 e. The highest BCUT2D eigenvalue weighted by atomic mass is 16.5. The average Bonchev–Trinajstić information content (AvgIpc) is 2.67. The molecule has 1 aromatic carbocycles. The second-order valence-electron chi connectivity index (χ2n) is 5.42. The maximum absolute atomic E-state index is 12.3. The van der Waals surface area contributed by atoms with Crippen molar-refractivity contribution in [1.82, 2.24) is 14.9 Å². The van der Waals surface area contributed by atoms with Gasteiger partial charge in [-0.25, -0.2) is 9.97 Å². The largest absolute Gasteiger partial charge is 0.361 e. The van der Waals surface area contributed by atoms with Gasteiger partial charge in [0.15, 0.2) is 0 Å². The summed E-state index contributed by atoms with van der Waals surface area (Å²) in [5.41, 5.74) is 2.01. The molecule has 0 unspecified atom stereocenters. The quantitative estimate of drug-likeness (QED) is 0.922. The number of amides is 1. The van der Waals surface area contributed by atoms with Gasteiger partial charge in [-0.05, 0) is 24.1 Å². The van der Waals surface area contributed by atoms with Crippen LogP contribution in [0.5, 0.6) is 0 Å². The van der Waals surface area contributed by atoms with Gasteiger partial charge in [-0.3, -0.25) is 4.79 Å². The summed E-state index contributed by atoms with van der Waals surface area (Å²) in [6, 6.07) is 9.42. The van der Waals surface area contributed by atoms with Crippen molar-refractivity contribution in [1.29, 1.82) is 5.26 Å². The van der Waals surface area contributed by atoms with E-state index in [1.807, 2.05) is 12.1 Å². The van der Waals surface area contributed by atoms with E-state index in [1.54, 1.807) is 17.0 Å². The van der Waals surface area contributed by atoms with Crippen molar-refractivity contribution < 1.29 is 9.53 Å². The van der Waals surface area contributed by atoms with Crippen LogP contribution in [0.3, 0.4) is 0 Å². The van der Waals surface area contributed by atoms with E-state index in [-0.39, 0.29) is 5.91 Å². The molecule has 1 N–H and O–H groups in total. The Labute approximate surface area is 139 Å². The monoisotopic (exact) mass is 323 g/mol. The Morgan fingerprint density at radius 2 is 2.21 bits per heavy atom. The molecule has 0 atom stereocenters. The number of rotatable bonds is 4. The van der Waals surface area contributed by atoms with Crippen molar-refractivity contribution in [2.24, 2.45) is 0 Å². The molecule has 1 amide bonds. The first-order valence-electron chi connectivity index (χ1n) is 7.68. The molecule has 24 heavy (non-hydrogen) atoms. The van der Waals surface area contributed by atoms with Crippen LogP contribution in [0, 0.1) is 11.3 Å². The second-order valence-corrected chi connectivity index (χ2v) is 5.42. The van der Waals surface area contributed by atoms with E-state index in [0.717, 1.165) is 12.0 Å². The lowest BCUT2D eigenvalue weighted by Gasteiger charge is -2.26. The fraction of sp³-hybridized carbons (Fsp3) is 0.294. The predicted octanol–water partition coefficient (Wildman–Crippen LogP) is 1.78. The molecule has 3 rings (SSSR count). The van der Waals surface area contributed by atoms with Crippen LogP contribution in [0.4, 0.5) is 5.95 Å². The minimum absolute atomic E-state index is 0.122. The summed E-state index contributed by atoms with van der Waals surface area (Å²) < 4.78 is 5.28. The third kappa shape index (κ3) is 3.86. The SMILES string of the molecule is N#Cc1cccc(CNc2ncc(C(=O)N3CCCOC3)cn2)c1. The first-order valence-corrected chi connectivity index (χ1v) is 7.68. The zero-order chi connectivity index (χ0) is 16.8. The summed E-state index contributed by atoms with van der Waals surface area (Å²) in [5, 5.41) is 12.0. The highest BCUT2D eigenvalue weighted by molar-refractivity contribution is 5.93. The van der Waals surface area contributed by atoms with Gasteiger partial charge in [0.25, 0.3) is 5.91 Å². The van der Waals surface area contributed by atoms with Crippen molar-refractivity contribution in [3.8, 4) is 6.07 Å². The number of hydrogen-bond acceptors (Lipinski definition) is 6. The Hall–Kier alpha value is -2.98. The van der Waals surface area contributed by atoms with Crippen LogP contribution in [0.2, 0.25) is 0 Å². The Morgan fingerprint density at radius 3 is 2.92 bits per heavy atom. The van der Waals surface area contributed by atoms with Crippen molar-refractivity contribution in [3.63, 3.8) is 0 Å². The molecule has 1 aromatic heterocycles. The summed E-state index contributed by atoms with van der Waals surface area (Å²) in [5.74, 6) is 0.312. The molecular weight excluding hydrogens is 306 g/mol. The number of benzene rings is 1. The second kappa shape index (κ2) is 7.53. The number of carbonyl (C=O) groups is 1. The van der Waals surface area contributed by atoms with Gasteiger partial charge >= 0.3 is 0 Å². The van der Waals surface area contributed by atoms with Gasteiger partial charge in [-0.2, -0.15) is 5.26 Å². The smallest absolute Gasteiger partial charge is 0.258 e. The maximum Gasteiger partial charge on any atom is 0.258 e. The molecule has 1 aliphatic rings. The van der Waals surface area contributed by atoms with Crippen LogP contribution in [-0.2, 0) is 11.3 Å². The van der Waals surface area contributed by atoms with Crippen molar-refractivity contribution in [2.45, 2.75) is 13.0 Å². The summed E-state index contributed by atoms with van der Waals surface area (Å²) in [6.45, 7) is 2.20. The van der Waals surface area contributed by atoms with Crippen LogP contribution >= 0.6 is 0 Å². The molecule has 7 nitrogen and oxygen atoms in total. The van der Waals surface area contributed by atoms with Gasteiger partial charge in [0, 0.05) is 25.5 Å². The van der Waals surface area contributed by atoms with Gasteiger partial charge in [-0.1, -0.05) is 12.1 Å². The Balaban J connectivity index is 1.60. The molecule has 0 saturated carbocycles. The van der Waals surface area contributed by atoms with Crippen LogP contribution in [0.15, 0.2) is 36.7 Å². The summed E-state index contributed by atoms with van der Waals surface area (Å²) in [6.07, 6.45) is 3.87. The lowest BCUT2D eigenvalue weighted by Crippen LogP contribution is -2.38. The molecular formula is C17H17N5O2. The lowest BCUT2D eigenvalue weighted by atomic mass is 10.1. The van der Waals surface area contributed by atoms with Crippen LogP contribution in [0.1, 0.15) is 27.9 Å². The highest BCUT2D eigenvalue weighted by Crippen LogP contribution is 2.10. The summed E-state index contributed by atoms with van der Waals surface area (Å²) >= 11 is 0. The number of carbonyl (C=O) groups excluding carboxylic acids is 1. The highest BCUT2D eigenvalue weighted by Gasteiger charge is 2.19. The van der Waals surface area contributed by atoms with Crippen molar-refractivity contribution in [2.75, 3.05) is 25.2 Å². The zero-order valence-corrected chi connectivity index (χ0v) is 13.1. The predicted molar refractivity (Wildman–Crippen MR) is 87.0 cm³/mol. The molecule has 2 heterocycles. The topological polar surface area (TPSA) is 91.1 Å².